The lowest BCUT2D eigenvalue weighted by Crippen LogP contribution is -2.30. The highest BCUT2D eigenvalue weighted by atomic mass is 16.6. The molecule has 0 aliphatic rings. The van der Waals surface area contributed by atoms with E-state index >= 15 is 0 Å². The minimum absolute atomic E-state index is 0.0924. The molecule has 0 saturated heterocycles. The highest BCUT2D eigenvalue weighted by Gasteiger charge is 2.19. The van der Waals surface area contributed by atoms with Crippen molar-refractivity contribution in [2.75, 3.05) is 13.2 Å². The van der Waals surface area contributed by atoms with Gasteiger partial charge in [0, 0.05) is 19.3 Å². The van der Waals surface area contributed by atoms with Crippen LogP contribution in [-0.4, -0.2) is 37.2 Å². The summed E-state index contributed by atoms with van der Waals surface area (Å²) in [5, 5.41) is 0. The van der Waals surface area contributed by atoms with Crippen LogP contribution in [0.2, 0.25) is 0 Å². The molecule has 80 heavy (non-hydrogen) atoms. The SMILES string of the molecule is CC/C=C\C/C=C\C/C=C\C/C=C\C/C=C\CCCC(=O)OCC(COC(=O)CCCCCCCCCCCCC/C=C\C/C=C\CCCCCCC)OC(=O)CCCCCCCCCCCCCCCCCCCCCCCC. The molecule has 0 radical (unpaired) electrons. The predicted octanol–water partition coefficient (Wildman–Crippen LogP) is 23.8. The molecule has 0 spiro atoms. The van der Waals surface area contributed by atoms with Crippen molar-refractivity contribution >= 4 is 17.9 Å². The number of allylic oxidation sites excluding steroid dienone is 14. The topological polar surface area (TPSA) is 78.9 Å². The van der Waals surface area contributed by atoms with Gasteiger partial charge in [0.15, 0.2) is 6.10 Å². The second-order valence-electron chi connectivity index (χ2n) is 23.1. The molecule has 1 unspecified atom stereocenters. The van der Waals surface area contributed by atoms with Crippen molar-refractivity contribution < 1.29 is 28.6 Å². The maximum absolute atomic E-state index is 13.0. The zero-order valence-electron chi connectivity index (χ0n) is 53.1. The Kier molecular flexibility index (Phi) is 65.2. The van der Waals surface area contributed by atoms with Crippen LogP contribution in [0.5, 0.6) is 0 Å². The highest BCUT2D eigenvalue weighted by molar-refractivity contribution is 5.71. The fraction of sp³-hybridized carbons (Fsp3) is 0.770. The van der Waals surface area contributed by atoms with E-state index in [1.807, 2.05) is 0 Å². The van der Waals surface area contributed by atoms with Gasteiger partial charge in [0.05, 0.1) is 0 Å². The number of hydrogen-bond acceptors (Lipinski definition) is 6. The summed E-state index contributed by atoms with van der Waals surface area (Å²) in [6.07, 6.45) is 90.4. The van der Waals surface area contributed by atoms with Gasteiger partial charge in [-0.15, -0.1) is 0 Å². The first-order valence-electron chi connectivity index (χ1n) is 34.6. The summed E-state index contributed by atoms with van der Waals surface area (Å²) in [5.74, 6) is -0.936. The molecule has 0 amide bonds. The first-order valence-corrected chi connectivity index (χ1v) is 34.6. The lowest BCUT2D eigenvalue weighted by Gasteiger charge is -2.18. The van der Waals surface area contributed by atoms with E-state index in [1.54, 1.807) is 0 Å². The molecular weight excluding hydrogens is 985 g/mol. The molecule has 6 nitrogen and oxygen atoms in total. The summed E-state index contributed by atoms with van der Waals surface area (Å²) in [5.41, 5.74) is 0. The van der Waals surface area contributed by atoms with Gasteiger partial charge in [0.25, 0.3) is 0 Å². The van der Waals surface area contributed by atoms with Crippen LogP contribution in [0.1, 0.15) is 348 Å². The largest absolute Gasteiger partial charge is 0.462 e. The molecule has 0 aromatic carbocycles. The molecule has 0 aliphatic carbocycles. The molecule has 0 fully saturated rings. The number of carbonyl (C=O) groups is 3. The van der Waals surface area contributed by atoms with Crippen molar-refractivity contribution in [1.29, 1.82) is 0 Å². The normalized spacial score (nSPS) is 12.6. The second-order valence-corrected chi connectivity index (χ2v) is 23.1. The van der Waals surface area contributed by atoms with Crippen molar-refractivity contribution in [2.24, 2.45) is 0 Å². The average Bonchev–Trinajstić information content (AvgIpc) is 3.46. The van der Waals surface area contributed by atoms with Crippen LogP contribution >= 0.6 is 0 Å². The molecule has 1 atom stereocenters. The van der Waals surface area contributed by atoms with Gasteiger partial charge in [0.1, 0.15) is 13.2 Å². The molecule has 0 aromatic rings. The summed E-state index contributed by atoms with van der Waals surface area (Å²) < 4.78 is 16.9. The van der Waals surface area contributed by atoms with Crippen LogP contribution in [0.3, 0.4) is 0 Å². The number of unbranched alkanes of at least 4 members (excludes halogenated alkanes) is 38. The molecular formula is C74H130O6. The summed E-state index contributed by atoms with van der Waals surface area (Å²) >= 11 is 0. The number of rotatable bonds is 63. The lowest BCUT2D eigenvalue weighted by molar-refractivity contribution is -0.167. The van der Waals surface area contributed by atoms with Gasteiger partial charge in [-0.2, -0.15) is 0 Å². The fourth-order valence-electron chi connectivity index (χ4n) is 9.98. The predicted molar refractivity (Wildman–Crippen MR) is 348 cm³/mol. The van der Waals surface area contributed by atoms with Gasteiger partial charge < -0.3 is 14.2 Å². The number of esters is 3. The van der Waals surface area contributed by atoms with Gasteiger partial charge in [-0.3, -0.25) is 14.4 Å². The molecule has 0 N–H and O–H groups in total. The maximum atomic E-state index is 13.0. The first-order chi connectivity index (χ1) is 39.5. The third kappa shape index (κ3) is 65.4. The molecule has 6 heteroatoms. The van der Waals surface area contributed by atoms with E-state index in [0.29, 0.717) is 19.3 Å². The Labute approximate surface area is 496 Å². The van der Waals surface area contributed by atoms with Crippen molar-refractivity contribution in [1.82, 2.24) is 0 Å². The second kappa shape index (κ2) is 68.1. The highest BCUT2D eigenvalue weighted by Crippen LogP contribution is 2.18. The molecule has 0 heterocycles. The van der Waals surface area contributed by atoms with Crippen molar-refractivity contribution in [3.05, 3.63) is 85.1 Å². The Morgan fingerprint density at radius 2 is 0.500 bits per heavy atom. The minimum atomic E-state index is -0.801. The monoisotopic (exact) mass is 1110 g/mol. The van der Waals surface area contributed by atoms with Crippen molar-refractivity contribution in [3.8, 4) is 0 Å². The molecule has 0 aliphatic heterocycles. The quantitative estimate of drug-likeness (QED) is 0.0261. The van der Waals surface area contributed by atoms with Crippen LogP contribution in [0.25, 0.3) is 0 Å². The van der Waals surface area contributed by atoms with Crippen molar-refractivity contribution in [2.45, 2.75) is 354 Å². The van der Waals surface area contributed by atoms with E-state index in [-0.39, 0.29) is 37.5 Å². The summed E-state index contributed by atoms with van der Waals surface area (Å²) in [6, 6.07) is 0. The molecule has 0 saturated carbocycles. The van der Waals surface area contributed by atoms with Crippen LogP contribution < -0.4 is 0 Å². The van der Waals surface area contributed by atoms with Crippen molar-refractivity contribution in [3.63, 3.8) is 0 Å². The molecule has 0 rings (SSSR count). The number of ether oxygens (including phenoxy) is 3. The van der Waals surface area contributed by atoms with Crippen LogP contribution in [0, 0.1) is 0 Å². The van der Waals surface area contributed by atoms with E-state index < -0.39 is 6.10 Å². The molecule has 0 aromatic heterocycles. The number of carbonyl (C=O) groups excluding carboxylic acids is 3. The summed E-state index contributed by atoms with van der Waals surface area (Å²) in [4.78, 5) is 38.4. The Morgan fingerprint density at radius 1 is 0.263 bits per heavy atom. The van der Waals surface area contributed by atoms with E-state index in [1.165, 1.54) is 218 Å². The minimum Gasteiger partial charge on any atom is -0.462 e. The Morgan fingerprint density at radius 3 is 0.812 bits per heavy atom. The Balaban J connectivity index is 4.39. The van der Waals surface area contributed by atoms with Gasteiger partial charge in [0.2, 0.25) is 0 Å². The van der Waals surface area contributed by atoms with Crippen LogP contribution in [0.4, 0.5) is 0 Å². The smallest absolute Gasteiger partial charge is 0.306 e. The average molecular weight is 1120 g/mol. The summed E-state index contributed by atoms with van der Waals surface area (Å²) in [6.45, 7) is 6.52. The fourth-order valence-corrected chi connectivity index (χ4v) is 9.98. The Bertz CT molecular complexity index is 1520. The van der Waals surface area contributed by atoms with E-state index in [9.17, 15) is 14.4 Å². The zero-order valence-corrected chi connectivity index (χ0v) is 53.1. The third-order valence-electron chi connectivity index (χ3n) is 15.1. The van der Waals surface area contributed by atoms with Gasteiger partial charge in [-0.25, -0.2) is 0 Å². The number of hydrogen-bond donors (Lipinski definition) is 0. The van der Waals surface area contributed by atoms with Gasteiger partial charge in [-0.1, -0.05) is 324 Å². The van der Waals surface area contributed by atoms with E-state index in [2.05, 4.69) is 106 Å². The third-order valence-corrected chi connectivity index (χ3v) is 15.1. The van der Waals surface area contributed by atoms with Crippen LogP contribution in [0.15, 0.2) is 85.1 Å². The first kappa shape index (κ1) is 76.6. The van der Waals surface area contributed by atoms with Gasteiger partial charge >= 0.3 is 17.9 Å². The molecule has 462 valence electrons. The molecule has 0 bridgehead atoms. The summed E-state index contributed by atoms with van der Waals surface area (Å²) in [7, 11) is 0. The zero-order chi connectivity index (χ0) is 57.8. The standard InChI is InChI=1S/C74H130O6/c1-4-7-10-13-16-19-22-25-28-31-33-35-37-39-40-43-46-49-52-55-58-61-64-67-73(76)79-70-71(69-78-72(75)66-63-60-57-54-51-48-45-42-30-27-24-21-18-15-12-9-6-3)80-74(77)68-65-62-59-56-53-50-47-44-41-38-36-34-32-29-26-23-20-17-14-11-8-5-2/h9,12,18,21-22,25,27,30-31,33,45,48,54,57,71H,4-8,10-11,13-17,19-20,23-24,26,28-29,32,34-44,46-47,49-53,55-56,58-70H2,1-3H3/b12-9-,21-18-,25-22-,30-27-,33-31-,48-45-,57-54-. The lowest BCUT2D eigenvalue weighted by atomic mass is 10.0. The Hall–Kier alpha value is -3.41. The van der Waals surface area contributed by atoms with E-state index in [4.69, 9.17) is 14.2 Å². The van der Waals surface area contributed by atoms with Crippen LogP contribution in [-0.2, 0) is 28.6 Å². The van der Waals surface area contributed by atoms with E-state index in [0.717, 1.165) is 83.5 Å². The van der Waals surface area contributed by atoms with Gasteiger partial charge in [-0.05, 0) is 89.9 Å². The maximum Gasteiger partial charge on any atom is 0.306 e.